The molecule has 118 valence electrons. The van der Waals surface area contributed by atoms with E-state index < -0.39 is 0 Å². The maximum Gasteiger partial charge on any atom is 0.136 e. The molecule has 4 rings (SSSR count). The molecule has 0 saturated heterocycles. The van der Waals surface area contributed by atoms with Crippen LogP contribution in [0.25, 0.3) is 0 Å². The zero-order valence-electron chi connectivity index (χ0n) is 13.5. The molecule has 0 aliphatic heterocycles. The predicted molar refractivity (Wildman–Crippen MR) is 86.4 cm³/mol. The number of hydrogen-bond acceptors (Lipinski definition) is 1. The van der Waals surface area contributed by atoms with Gasteiger partial charge in [0.1, 0.15) is 5.78 Å². The highest BCUT2D eigenvalue weighted by atomic mass is 35.5. The molecule has 0 amide bonds. The van der Waals surface area contributed by atoms with E-state index in [1.807, 2.05) is 0 Å². The molecule has 4 aliphatic carbocycles. The summed E-state index contributed by atoms with van der Waals surface area (Å²) in [6.45, 7) is 4.97. The minimum Gasteiger partial charge on any atom is -0.299 e. The van der Waals surface area contributed by atoms with Crippen LogP contribution in [0.5, 0.6) is 0 Å². The Morgan fingerprint density at radius 2 is 1.86 bits per heavy atom. The molecule has 1 nitrogen and oxygen atoms in total. The van der Waals surface area contributed by atoms with Gasteiger partial charge in [-0.05, 0) is 73.5 Å². The van der Waals surface area contributed by atoms with Crippen molar-refractivity contribution in [1.82, 2.24) is 0 Å². The standard InChI is InChI=1S/C19H29ClO/c1-18-7-3-4-14(18)17-15(6-8-18)19(2)9-5-13(20)10-12(19)11-16(17)21/h12-15,17H,3-11H2,1-2H3/t12-,13-,14-,15-,17+,18-,19+/m1/s1. The van der Waals surface area contributed by atoms with Crippen LogP contribution in [-0.2, 0) is 4.79 Å². The highest BCUT2D eigenvalue weighted by molar-refractivity contribution is 6.20. The smallest absolute Gasteiger partial charge is 0.136 e. The first kappa shape index (κ1) is 14.5. The van der Waals surface area contributed by atoms with Gasteiger partial charge in [0.2, 0.25) is 0 Å². The van der Waals surface area contributed by atoms with Gasteiger partial charge in [-0.25, -0.2) is 0 Å². The van der Waals surface area contributed by atoms with Crippen molar-refractivity contribution in [2.24, 2.45) is 34.5 Å². The second-order valence-electron chi connectivity index (χ2n) is 9.07. The monoisotopic (exact) mass is 308 g/mol. The second kappa shape index (κ2) is 4.73. The molecule has 0 aromatic rings. The molecule has 0 spiro atoms. The molecule has 7 atom stereocenters. The molecule has 2 heteroatoms. The third-order valence-corrected chi connectivity index (χ3v) is 8.58. The molecule has 4 fully saturated rings. The predicted octanol–water partition coefficient (Wildman–Crippen LogP) is 5.21. The van der Waals surface area contributed by atoms with Gasteiger partial charge < -0.3 is 0 Å². The quantitative estimate of drug-likeness (QED) is 0.562. The zero-order chi connectivity index (χ0) is 14.8. The normalized spacial score (nSPS) is 56.5. The number of alkyl halides is 1. The van der Waals surface area contributed by atoms with Crippen LogP contribution in [0.3, 0.4) is 0 Å². The van der Waals surface area contributed by atoms with Gasteiger partial charge >= 0.3 is 0 Å². The maximum atomic E-state index is 13.0. The molecule has 0 unspecified atom stereocenters. The fourth-order valence-corrected chi connectivity index (χ4v) is 7.19. The van der Waals surface area contributed by atoms with Gasteiger partial charge in [0, 0.05) is 17.7 Å². The van der Waals surface area contributed by atoms with Gasteiger partial charge in [-0.3, -0.25) is 4.79 Å². The molecule has 0 bridgehead atoms. The van der Waals surface area contributed by atoms with E-state index in [0.29, 0.717) is 45.7 Å². The summed E-state index contributed by atoms with van der Waals surface area (Å²) in [7, 11) is 0. The number of rotatable bonds is 0. The van der Waals surface area contributed by atoms with Gasteiger partial charge in [-0.2, -0.15) is 0 Å². The molecule has 0 heterocycles. The summed E-state index contributed by atoms with van der Waals surface area (Å²) in [5, 5.41) is 0.313. The van der Waals surface area contributed by atoms with Gasteiger partial charge in [0.05, 0.1) is 0 Å². The van der Waals surface area contributed by atoms with Gasteiger partial charge in [0.25, 0.3) is 0 Å². The summed E-state index contributed by atoms with van der Waals surface area (Å²) in [6, 6.07) is 0. The molecular weight excluding hydrogens is 280 g/mol. The van der Waals surface area contributed by atoms with Crippen molar-refractivity contribution < 1.29 is 4.79 Å². The van der Waals surface area contributed by atoms with E-state index in [9.17, 15) is 4.79 Å². The average molecular weight is 309 g/mol. The number of Topliss-reactive ketones (excluding diaryl/α,β-unsaturated/α-hetero) is 1. The van der Waals surface area contributed by atoms with Crippen molar-refractivity contribution in [1.29, 1.82) is 0 Å². The van der Waals surface area contributed by atoms with Crippen molar-refractivity contribution in [3.8, 4) is 0 Å². The summed E-state index contributed by atoms with van der Waals surface area (Å²) in [5.74, 6) is 2.90. The van der Waals surface area contributed by atoms with Crippen LogP contribution in [0, 0.1) is 34.5 Å². The number of ketones is 1. The molecule has 4 aliphatic rings. The Morgan fingerprint density at radius 1 is 1.05 bits per heavy atom. The average Bonchev–Trinajstić information content (AvgIpc) is 2.82. The highest BCUT2D eigenvalue weighted by Crippen LogP contribution is 2.65. The second-order valence-corrected chi connectivity index (χ2v) is 9.69. The number of carbonyl (C=O) groups is 1. The van der Waals surface area contributed by atoms with Crippen LogP contribution in [0.15, 0.2) is 0 Å². The topological polar surface area (TPSA) is 17.1 Å². The Bertz CT molecular complexity index is 460. The first-order chi connectivity index (χ1) is 9.94. The maximum absolute atomic E-state index is 13.0. The SMILES string of the molecule is C[C@]12CCC[C@@H]1[C@@H]1C(=O)C[C@H]3C[C@H](Cl)CC[C@]3(C)[C@@H]1CC2. The van der Waals surface area contributed by atoms with Gasteiger partial charge in [-0.1, -0.05) is 20.3 Å². The lowest BCUT2D eigenvalue weighted by Crippen LogP contribution is -2.56. The third-order valence-electron chi connectivity index (χ3n) is 8.19. The van der Waals surface area contributed by atoms with Crippen molar-refractivity contribution >= 4 is 17.4 Å². The number of hydrogen-bond donors (Lipinski definition) is 0. The van der Waals surface area contributed by atoms with Crippen molar-refractivity contribution in [2.45, 2.75) is 77.0 Å². The number of carbonyl (C=O) groups excluding carboxylic acids is 1. The zero-order valence-corrected chi connectivity index (χ0v) is 14.3. The van der Waals surface area contributed by atoms with Crippen LogP contribution in [0.1, 0.15) is 71.6 Å². The molecule has 0 N–H and O–H groups in total. The summed E-state index contributed by atoms with van der Waals surface area (Å²) in [5.41, 5.74) is 0.873. The Hall–Kier alpha value is -0.0400. The molecule has 0 radical (unpaired) electrons. The lowest BCUT2D eigenvalue weighted by Gasteiger charge is -2.59. The van der Waals surface area contributed by atoms with E-state index in [2.05, 4.69) is 13.8 Å². The summed E-state index contributed by atoms with van der Waals surface area (Å²) < 4.78 is 0. The minimum absolute atomic E-state index is 0.313. The van der Waals surface area contributed by atoms with E-state index in [0.717, 1.165) is 19.3 Å². The molecule has 21 heavy (non-hydrogen) atoms. The highest BCUT2D eigenvalue weighted by Gasteiger charge is 2.60. The molecule has 0 aromatic carbocycles. The number of halogens is 1. The third kappa shape index (κ3) is 1.98. The molecular formula is C19H29ClO. The Balaban J connectivity index is 1.69. The van der Waals surface area contributed by atoms with Crippen LogP contribution in [0.4, 0.5) is 0 Å². The summed E-state index contributed by atoms with van der Waals surface area (Å²) in [4.78, 5) is 13.0. The lowest BCUT2D eigenvalue weighted by molar-refractivity contribution is -0.153. The van der Waals surface area contributed by atoms with E-state index in [1.54, 1.807) is 0 Å². The van der Waals surface area contributed by atoms with Crippen LogP contribution in [-0.4, -0.2) is 11.2 Å². The largest absolute Gasteiger partial charge is 0.299 e. The number of fused-ring (bicyclic) bond motifs is 5. The van der Waals surface area contributed by atoms with Gasteiger partial charge in [-0.15, -0.1) is 11.6 Å². The van der Waals surface area contributed by atoms with Gasteiger partial charge in [0.15, 0.2) is 0 Å². The van der Waals surface area contributed by atoms with Crippen LogP contribution < -0.4 is 0 Å². The van der Waals surface area contributed by atoms with E-state index >= 15 is 0 Å². The van der Waals surface area contributed by atoms with Crippen molar-refractivity contribution in [3.63, 3.8) is 0 Å². The van der Waals surface area contributed by atoms with Crippen LogP contribution >= 0.6 is 11.6 Å². The molecule has 0 aromatic heterocycles. The Morgan fingerprint density at radius 3 is 2.67 bits per heavy atom. The van der Waals surface area contributed by atoms with E-state index in [4.69, 9.17) is 11.6 Å². The van der Waals surface area contributed by atoms with E-state index in [1.165, 1.54) is 38.5 Å². The van der Waals surface area contributed by atoms with Crippen molar-refractivity contribution in [2.75, 3.05) is 0 Å². The Kier molecular flexibility index (Phi) is 3.27. The summed E-state index contributed by atoms with van der Waals surface area (Å²) >= 11 is 6.42. The minimum atomic E-state index is 0.313. The first-order valence-corrected chi connectivity index (χ1v) is 9.54. The molecule has 4 saturated carbocycles. The first-order valence-electron chi connectivity index (χ1n) is 9.11. The Labute approximate surface area is 134 Å². The van der Waals surface area contributed by atoms with Crippen molar-refractivity contribution in [3.05, 3.63) is 0 Å². The fraction of sp³-hybridized carbons (Fsp3) is 0.947. The summed E-state index contributed by atoms with van der Waals surface area (Å²) in [6.07, 6.45) is 11.0. The fourth-order valence-electron chi connectivity index (χ4n) is 6.87. The van der Waals surface area contributed by atoms with E-state index in [-0.39, 0.29) is 0 Å². The lowest BCUT2D eigenvalue weighted by atomic mass is 9.45. The van der Waals surface area contributed by atoms with Crippen LogP contribution in [0.2, 0.25) is 0 Å².